The first kappa shape index (κ1) is 16.9. The number of likely N-dealkylation sites (tertiary alicyclic amines) is 1. The zero-order chi connectivity index (χ0) is 16.4. The second-order valence-corrected chi connectivity index (χ2v) is 7.43. The third-order valence-electron chi connectivity index (χ3n) is 5.01. The van der Waals surface area contributed by atoms with Crippen molar-refractivity contribution in [1.29, 1.82) is 0 Å². The van der Waals surface area contributed by atoms with Gasteiger partial charge in [0.05, 0.1) is 5.02 Å². The normalized spacial score (nSPS) is 21.4. The van der Waals surface area contributed by atoms with Gasteiger partial charge in [0.15, 0.2) is 6.10 Å². The minimum atomic E-state index is -0.551. The first-order valence-corrected chi connectivity index (χ1v) is 8.86. The summed E-state index contributed by atoms with van der Waals surface area (Å²) in [7, 11) is 0. The lowest BCUT2D eigenvalue weighted by Crippen LogP contribution is -2.48. The molecule has 3 rings (SSSR count). The number of nitrogens with one attached hydrogen (secondary N) is 1. The molecule has 23 heavy (non-hydrogen) atoms. The number of hydrogen-bond acceptors (Lipinski definition) is 3. The van der Waals surface area contributed by atoms with Crippen LogP contribution in [0.4, 0.5) is 0 Å². The molecule has 0 bridgehead atoms. The number of halogens is 2. The molecule has 1 amide bonds. The predicted octanol–water partition coefficient (Wildman–Crippen LogP) is 3.36. The van der Waals surface area contributed by atoms with Crippen molar-refractivity contribution in [1.82, 2.24) is 10.2 Å². The standard InChI is InChI=1S/C17H22Cl2N2O2/c1-12(23-15-3-2-13(18)10-14(15)19)16(22)21-8-5-17(6-9-21)4-7-20-11-17/h2-3,10,12,20H,4-9,11H2,1H3. The summed E-state index contributed by atoms with van der Waals surface area (Å²) in [4.78, 5) is 14.5. The van der Waals surface area contributed by atoms with Crippen molar-refractivity contribution in [3.05, 3.63) is 28.2 Å². The maximum Gasteiger partial charge on any atom is 0.263 e. The summed E-state index contributed by atoms with van der Waals surface area (Å²) >= 11 is 12.0. The highest BCUT2D eigenvalue weighted by Gasteiger charge is 2.38. The van der Waals surface area contributed by atoms with Gasteiger partial charge in [0, 0.05) is 24.7 Å². The van der Waals surface area contributed by atoms with E-state index in [1.54, 1.807) is 25.1 Å². The highest BCUT2D eigenvalue weighted by molar-refractivity contribution is 6.35. The quantitative estimate of drug-likeness (QED) is 0.902. The van der Waals surface area contributed by atoms with Gasteiger partial charge in [-0.05, 0) is 56.3 Å². The van der Waals surface area contributed by atoms with Crippen molar-refractivity contribution in [3.63, 3.8) is 0 Å². The molecule has 6 heteroatoms. The molecule has 1 unspecified atom stereocenters. The molecule has 2 fully saturated rings. The number of hydrogen-bond donors (Lipinski definition) is 1. The Morgan fingerprint density at radius 1 is 1.30 bits per heavy atom. The topological polar surface area (TPSA) is 41.6 Å². The van der Waals surface area contributed by atoms with E-state index in [0.717, 1.165) is 39.0 Å². The molecule has 0 radical (unpaired) electrons. The first-order valence-electron chi connectivity index (χ1n) is 8.10. The molecule has 1 spiro atoms. The van der Waals surface area contributed by atoms with E-state index in [9.17, 15) is 4.79 Å². The molecule has 0 aromatic heterocycles. The molecule has 1 aromatic carbocycles. The fourth-order valence-corrected chi connectivity index (χ4v) is 3.95. The number of carbonyl (C=O) groups is 1. The highest BCUT2D eigenvalue weighted by atomic mass is 35.5. The number of piperidine rings is 1. The Morgan fingerprint density at radius 2 is 2.04 bits per heavy atom. The molecule has 2 saturated heterocycles. The molecule has 1 atom stereocenters. The van der Waals surface area contributed by atoms with Crippen LogP contribution in [0.3, 0.4) is 0 Å². The first-order chi connectivity index (χ1) is 11.0. The lowest BCUT2D eigenvalue weighted by Gasteiger charge is -2.39. The van der Waals surface area contributed by atoms with Crippen LogP contribution in [0.15, 0.2) is 18.2 Å². The van der Waals surface area contributed by atoms with E-state index < -0.39 is 6.10 Å². The van der Waals surface area contributed by atoms with Crippen LogP contribution >= 0.6 is 23.2 Å². The van der Waals surface area contributed by atoms with Crippen LogP contribution in [0.2, 0.25) is 10.0 Å². The fraction of sp³-hybridized carbons (Fsp3) is 0.588. The molecule has 0 saturated carbocycles. The summed E-state index contributed by atoms with van der Waals surface area (Å²) in [5, 5.41) is 4.41. The summed E-state index contributed by atoms with van der Waals surface area (Å²) in [6.07, 6.45) is 2.81. The van der Waals surface area contributed by atoms with Gasteiger partial charge >= 0.3 is 0 Å². The summed E-state index contributed by atoms with van der Waals surface area (Å²) < 4.78 is 5.74. The number of nitrogens with zero attached hydrogens (tertiary/aromatic N) is 1. The number of benzene rings is 1. The van der Waals surface area contributed by atoms with E-state index in [2.05, 4.69) is 5.32 Å². The molecule has 1 aromatic rings. The van der Waals surface area contributed by atoms with Crippen LogP contribution in [0.5, 0.6) is 5.75 Å². The van der Waals surface area contributed by atoms with Crippen molar-refractivity contribution in [2.24, 2.45) is 5.41 Å². The molecular weight excluding hydrogens is 335 g/mol. The molecule has 2 aliphatic rings. The van der Waals surface area contributed by atoms with E-state index in [0.29, 0.717) is 21.2 Å². The zero-order valence-electron chi connectivity index (χ0n) is 13.3. The molecule has 0 aliphatic carbocycles. The Bertz CT molecular complexity index is 578. The van der Waals surface area contributed by atoms with Gasteiger partial charge in [-0.25, -0.2) is 0 Å². The smallest absolute Gasteiger partial charge is 0.263 e. The average Bonchev–Trinajstić information content (AvgIpc) is 2.98. The third kappa shape index (κ3) is 3.76. The molecular formula is C17H22Cl2N2O2. The van der Waals surface area contributed by atoms with E-state index in [4.69, 9.17) is 27.9 Å². The summed E-state index contributed by atoms with van der Waals surface area (Å²) in [5.41, 5.74) is 0.403. The van der Waals surface area contributed by atoms with Gasteiger partial charge in [-0.15, -0.1) is 0 Å². The molecule has 2 heterocycles. The average molecular weight is 357 g/mol. The Morgan fingerprint density at radius 3 is 2.65 bits per heavy atom. The fourth-order valence-electron chi connectivity index (χ4n) is 3.49. The summed E-state index contributed by atoms with van der Waals surface area (Å²) in [6.45, 7) is 5.57. The highest BCUT2D eigenvalue weighted by Crippen LogP contribution is 2.37. The van der Waals surface area contributed by atoms with Gasteiger partial charge < -0.3 is 15.0 Å². The lowest BCUT2D eigenvalue weighted by atomic mass is 9.78. The van der Waals surface area contributed by atoms with Crippen LogP contribution in [0.1, 0.15) is 26.2 Å². The monoisotopic (exact) mass is 356 g/mol. The van der Waals surface area contributed by atoms with E-state index >= 15 is 0 Å². The number of amides is 1. The largest absolute Gasteiger partial charge is 0.479 e. The second-order valence-electron chi connectivity index (χ2n) is 6.59. The van der Waals surface area contributed by atoms with Crippen molar-refractivity contribution >= 4 is 29.1 Å². The van der Waals surface area contributed by atoms with Gasteiger partial charge in [-0.1, -0.05) is 23.2 Å². The number of rotatable bonds is 3. The number of ether oxygens (including phenoxy) is 1. The van der Waals surface area contributed by atoms with E-state index in [1.807, 2.05) is 4.90 Å². The van der Waals surface area contributed by atoms with Gasteiger partial charge in [0.25, 0.3) is 5.91 Å². The zero-order valence-corrected chi connectivity index (χ0v) is 14.8. The SMILES string of the molecule is CC(Oc1ccc(Cl)cc1Cl)C(=O)N1CCC2(CCNC2)CC1. The maximum atomic E-state index is 12.6. The Labute approximate surface area is 147 Å². The molecule has 4 nitrogen and oxygen atoms in total. The van der Waals surface area contributed by atoms with Gasteiger partial charge in [0.2, 0.25) is 0 Å². The van der Waals surface area contributed by atoms with E-state index in [-0.39, 0.29) is 5.91 Å². The minimum Gasteiger partial charge on any atom is -0.479 e. The van der Waals surface area contributed by atoms with Crippen LogP contribution in [-0.4, -0.2) is 43.1 Å². The van der Waals surface area contributed by atoms with Gasteiger partial charge in [0.1, 0.15) is 5.75 Å². The Balaban J connectivity index is 1.57. The van der Waals surface area contributed by atoms with Crippen molar-refractivity contribution in [3.8, 4) is 5.75 Å². The van der Waals surface area contributed by atoms with E-state index in [1.165, 1.54) is 6.42 Å². The molecule has 1 N–H and O–H groups in total. The third-order valence-corrected chi connectivity index (χ3v) is 5.54. The minimum absolute atomic E-state index is 0.0248. The summed E-state index contributed by atoms with van der Waals surface area (Å²) in [6, 6.07) is 5.02. The Kier molecular flexibility index (Phi) is 5.04. The van der Waals surface area contributed by atoms with Crippen molar-refractivity contribution in [2.45, 2.75) is 32.3 Å². The van der Waals surface area contributed by atoms with Crippen LogP contribution < -0.4 is 10.1 Å². The van der Waals surface area contributed by atoms with Gasteiger partial charge in [-0.3, -0.25) is 4.79 Å². The molecule has 2 aliphatic heterocycles. The lowest BCUT2D eigenvalue weighted by molar-refractivity contribution is -0.140. The van der Waals surface area contributed by atoms with Crippen LogP contribution in [-0.2, 0) is 4.79 Å². The maximum absolute atomic E-state index is 12.6. The van der Waals surface area contributed by atoms with Crippen molar-refractivity contribution in [2.75, 3.05) is 26.2 Å². The van der Waals surface area contributed by atoms with Gasteiger partial charge in [-0.2, -0.15) is 0 Å². The molecule has 126 valence electrons. The van der Waals surface area contributed by atoms with Crippen molar-refractivity contribution < 1.29 is 9.53 Å². The summed E-state index contributed by atoms with van der Waals surface area (Å²) in [5.74, 6) is 0.516. The number of carbonyl (C=O) groups excluding carboxylic acids is 1. The Hall–Kier alpha value is -0.970. The van der Waals surface area contributed by atoms with Crippen LogP contribution in [0, 0.1) is 5.41 Å². The van der Waals surface area contributed by atoms with Crippen LogP contribution in [0.25, 0.3) is 0 Å². The second kappa shape index (κ2) is 6.88. The predicted molar refractivity (Wildman–Crippen MR) is 92.3 cm³/mol.